The molecule has 0 spiro atoms. The summed E-state index contributed by atoms with van der Waals surface area (Å²) in [5.41, 5.74) is 3.86. The zero-order chi connectivity index (χ0) is 16.0. The third-order valence-electron chi connectivity index (χ3n) is 4.57. The van der Waals surface area contributed by atoms with Crippen LogP contribution in [0.3, 0.4) is 0 Å². The van der Waals surface area contributed by atoms with Crippen LogP contribution in [0, 0.1) is 0 Å². The molecule has 0 amide bonds. The lowest BCUT2D eigenvalue weighted by Crippen LogP contribution is -2.12. The van der Waals surface area contributed by atoms with Crippen LogP contribution in [0.4, 0.5) is 0 Å². The predicted octanol–water partition coefficient (Wildman–Crippen LogP) is 2.86. The average Bonchev–Trinajstić information content (AvgIpc) is 3.21. The fourth-order valence-electron chi connectivity index (χ4n) is 3.53. The van der Waals surface area contributed by atoms with Gasteiger partial charge >= 0.3 is 0 Å². The van der Waals surface area contributed by atoms with E-state index >= 15 is 0 Å². The van der Waals surface area contributed by atoms with Gasteiger partial charge in [0.25, 0.3) is 10.0 Å². The Balaban J connectivity index is 2.02. The summed E-state index contributed by atoms with van der Waals surface area (Å²) in [6, 6.07) is 12.2. The monoisotopic (exact) mass is 327 g/mol. The van der Waals surface area contributed by atoms with E-state index in [9.17, 15) is 13.5 Å². The highest BCUT2D eigenvalue weighted by Crippen LogP contribution is 2.35. The summed E-state index contributed by atoms with van der Waals surface area (Å²) in [5, 5.41) is 10.5. The molecule has 3 aromatic rings. The van der Waals surface area contributed by atoms with Crippen molar-refractivity contribution in [2.24, 2.45) is 0 Å². The van der Waals surface area contributed by atoms with Gasteiger partial charge in [-0.1, -0.05) is 18.2 Å². The van der Waals surface area contributed by atoms with Crippen molar-refractivity contribution in [3.63, 3.8) is 0 Å². The summed E-state index contributed by atoms with van der Waals surface area (Å²) in [4.78, 5) is 0.287. The average molecular weight is 327 g/mol. The third-order valence-corrected chi connectivity index (χ3v) is 6.26. The van der Waals surface area contributed by atoms with E-state index in [4.69, 9.17) is 0 Å². The van der Waals surface area contributed by atoms with Crippen LogP contribution < -0.4 is 0 Å². The van der Waals surface area contributed by atoms with Crippen LogP contribution in [0.1, 0.15) is 23.1 Å². The van der Waals surface area contributed by atoms with Crippen LogP contribution in [-0.2, 0) is 29.5 Å². The van der Waals surface area contributed by atoms with Crippen molar-refractivity contribution < 1.29 is 13.5 Å². The minimum atomic E-state index is -3.61. The number of rotatable bonds is 3. The lowest BCUT2D eigenvalue weighted by molar-refractivity contribution is 0.281. The van der Waals surface area contributed by atoms with E-state index in [1.165, 1.54) is 3.97 Å². The van der Waals surface area contributed by atoms with E-state index in [1.807, 2.05) is 12.1 Å². The maximum absolute atomic E-state index is 13.0. The largest absolute Gasteiger partial charge is 0.392 e. The predicted molar refractivity (Wildman–Crippen MR) is 88.9 cm³/mol. The van der Waals surface area contributed by atoms with Crippen LogP contribution in [-0.4, -0.2) is 17.5 Å². The Labute approximate surface area is 135 Å². The van der Waals surface area contributed by atoms with Gasteiger partial charge in [-0.25, -0.2) is 12.4 Å². The number of fused-ring (bicyclic) bond motifs is 3. The zero-order valence-electron chi connectivity index (χ0n) is 12.6. The molecule has 23 heavy (non-hydrogen) atoms. The molecule has 2 aromatic carbocycles. The van der Waals surface area contributed by atoms with Gasteiger partial charge in [-0.15, -0.1) is 0 Å². The van der Waals surface area contributed by atoms with E-state index in [2.05, 4.69) is 0 Å². The molecule has 1 aromatic heterocycles. The Bertz CT molecular complexity index is 988. The molecule has 4 rings (SSSR count). The molecule has 4 nitrogen and oxygen atoms in total. The number of hydrogen-bond acceptors (Lipinski definition) is 3. The highest BCUT2D eigenvalue weighted by molar-refractivity contribution is 7.90. The van der Waals surface area contributed by atoms with Crippen LogP contribution >= 0.6 is 0 Å². The van der Waals surface area contributed by atoms with Crippen molar-refractivity contribution in [3.8, 4) is 0 Å². The van der Waals surface area contributed by atoms with Crippen LogP contribution in [0.2, 0.25) is 0 Å². The molecule has 118 valence electrons. The molecular weight excluding hydrogens is 310 g/mol. The van der Waals surface area contributed by atoms with E-state index in [0.29, 0.717) is 0 Å². The highest BCUT2D eigenvalue weighted by atomic mass is 32.2. The van der Waals surface area contributed by atoms with Crippen LogP contribution in [0.5, 0.6) is 0 Å². The highest BCUT2D eigenvalue weighted by Gasteiger charge is 2.25. The molecule has 0 aliphatic heterocycles. The van der Waals surface area contributed by atoms with Gasteiger partial charge in [0.2, 0.25) is 0 Å². The first kappa shape index (κ1) is 14.5. The zero-order valence-corrected chi connectivity index (χ0v) is 13.4. The van der Waals surface area contributed by atoms with Gasteiger partial charge in [0.1, 0.15) is 0 Å². The normalized spacial score (nSPS) is 14.3. The van der Waals surface area contributed by atoms with Crippen LogP contribution in [0.15, 0.2) is 53.6 Å². The first-order valence-electron chi connectivity index (χ1n) is 7.69. The Morgan fingerprint density at radius 1 is 1.04 bits per heavy atom. The van der Waals surface area contributed by atoms with E-state index in [0.717, 1.165) is 46.9 Å². The summed E-state index contributed by atoms with van der Waals surface area (Å²) >= 11 is 0. The van der Waals surface area contributed by atoms with Crippen molar-refractivity contribution in [1.82, 2.24) is 3.97 Å². The Morgan fingerprint density at radius 2 is 1.78 bits per heavy atom. The second-order valence-corrected chi connectivity index (χ2v) is 7.69. The van der Waals surface area contributed by atoms with Gasteiger partial charge in [-0.2, -0.15) is 0 Å². The summed E-state index contributed by atoms with van der Waals surface area (Å²) in [7, 11) is -3.61. The van der Waals surface area contributed by atoms with E-state index in [-0.39, 0.29) is 11.5 Å². The summed E-state index contributed by atoms with van der Waals surface area (Å²) in [5.74, 6) is 0. The Morgan fingerprint density at radius 3 is 2.52 bits per heavy atom. The number of hydrogen-bond donors (Lipinski definition) is 1. The molecule has 1 aliphatic rings. The smallest absolute Gasteiger partial charge is 0.268 e. The SMILES string of the molecule is O=S(=O)(c1ccccc1)n1ccc2cc(CO)c3c(c21)CCC3. The number of benzene rings is 2. The quantitative estimate of drug-likeness (QED) is 0.805. The molecule has 5 heteroatoms. The summed E-state index contributed by atoms with van der Waals surface area (Å²) < 4.78 is 27.3. The molecule has 1 aliphatic carbocycles. The summed E-state index contributed by atoms with van der Waals surface area (Å²) in [6.07, 6.45) is 4.37. The molecular formula is C18H17NO3S. The third kappa shape index (κ3) is 2.11. The van der Waals surface area contributed by atoms with Crippen molar-refractivity contribution in [2.75, 3.05) is 0 Å². The van der Waals surface area contributed by atoms with Gasteiger partial charge in [-0.3, -0.25) is 0 Å². The van der Waals surface area contributed by atoms with Gasteiger partial charge in [0.15, 0.2) is 0 Å². The Kier molecular flexibility index (Phi) is 3.28. The Hall–Kier alpha value is -2.11. The summed E-state index contributed by atoms with van der Waals surface area (Å²) in [6.45, 7) is -0.00507. The first-order chi connectivity index (χ1) is 11.1. The van der Waals surface area contributed by atoms with Crippen molar-refractivity contribution in [2.45, 2.75) is 30.8 Å². The lowest BCUT2D eigenvalue weighted by atomic mass is 10.0. The van der Waals surface area contributed by atoms with Gasteiger partial charge in [-0.05, 0) is 60.2 Å². The molecule has 0 saturated heterocycles. The number of nitrogens with zero attached hydrogens (tertiary/aromatic N) is 1. The molecule has 1 N–H and O–H groups in total. The molecule has 0 bridgehead atoms. The molecule has 0 atom stereocenters. The number of aryl methyl sites for hydroxylation is 1. The molecule has 1 heterocycles. The molecule has 0 unspecified atom stereocenters. The van der Waals surface area contributed by atoms with E-state index < -0.39 is 10.0 Å². The molecule has 0 saturated carbocycles. The maximum Gasteiger partial charge on any atom is 0.268 e. The van der Waals surface area contributed by atoms with Crippen molar-refractivity contribution >= 4 is 20.9 Å². The minimum Gasteiger partial charge on any atom is -0.392 e. The topological polar surface area (TPSA) is 59.3 Å². The minimum absolute atomic E-state index is 0.00507. The maximum atomic E-state index is 13.0. The van der Waals surface area contributed by atoms with Gasteiger partial charge in [0.05, 0.1) is 17.0 Å². The lowest BCUT2D eigenvalue weighted by Gasteiger charge is -2.12. The number of aliphatic hydroxyl groups excluding tert-OH is 1. The van der Waals surface area contributed by atoms with Crippen molar-refractivity contribution in [1.29, 1.82) is 0 Å². The molecule has 0 radical (unpaired) electrons. The number of aromatic nitrogens is 1. The van der Waals surface area contributed by atoms with Gasteiger partial charge in [0, 0.05) is 11.6 Å². The number of aliphatic hydroxyl groups is 1. The molecule has 0 fully saturated rings. The second-order valence-electron chi connectivity index (χ2n) is 5.87. The fourth-order valence-corrected chi connectivity index (χ4v) is 4.94. The second kappa shape index (κ2) is 5.22. The fraction of sp³-hybridized carbons (Fsp3) is 0.222. The van der Waals surface area contributed by atoms with Crippen LogP contribution in [0.25, 0.3) is 10.9 Å². The standard InChI is InChI=1S/C18H17NO3S/c20-12-14-11-13-9-10-19(18(13)17-8-4-7-16(14)17)23(21,22)15-5-2-1-3-6-15/h1-3,5-6,9-11,20H,4,7-8,12H2. The first-order valence-corrected chi connectivity index (χ1v) is 9.13. The van der Waals surface area contributed by atoms with E-state index in [1.54, 1.807) is 36.5 Å². The van der Waals surface area contributed by atoms with Crippen molar-refractivity contribution in [3.05, 3.63) is 65.4 Å². The van der Waals surface area contributed by atoms with Gasteiger partial charge < -0.3 is 5.11 Å².